The number of para-hydroxylation sites is 2. The Morgan fingerprint density at radius 2 is 1.41 bits per heavy atom. The number of amides is 1. The maximum atomic E-state index is 13.5. The zero-order chi connectivity index (χ0) is 23.9. The predicted octanol–water partition coefficient (Wildman–Crippen LogP) is 2.83. The lowest BCUT2D eigenvalue weighted by atomic mass is 10.1. The van der Waals surface area contributed by atoms with Gasteiger partial charge < -0.3 is 9.47 Å². The summed E-state index contributed by atoms with van der Waals surface area (Å²) in [5.41, 5.74) is 1.27. The molecule has 174 valence electrons. The maximum absolute atomic E-state index is 13.5. The third-order valence-corrected chi connectivity index (χ3v) is 8.09. The molecule has 0 atom stereocenters. The molecule has 1 aliphatic rings. The van der Waals surface area contributed by atoms with Gasteiger partial charge in [0.25, 0.3) is 0 Å². The first-order valence-electron chi connectivity index (χ1n) is 10.9. The summed E-state index contributed by atoms with van der Waals surface area (Å²) >= 11 is 0. The Bertz CT molecular complexity index is 1510. The van der Waals surface area contributed by atoms with Gasteiger partial charge in [-0.05, 0) is 42.5 Å². The van der Waals surface area contributed by atoms with Crippen molar-refractivity contribution < 1.29 is 17.6 Å². The number of carbonyl (C=O) groups is 1. The van der Waals surface area contributed by atoms with E-state index in [1.807, 2.05) is 28.8 Å². The van der Waals surface area contributed by atoms with Gasteiger partial charge in [0.15, 0.2) is 5.43 Å². The van der Waals surface area contributed by atoms with Gasteiger partial charge >= 0.3 is 0 Å². The standard InChI is InChI=1S/C25H22FN3O4S/c26-18-6-5-7-19(16-18)34(32,33)28-14-12-27(13-15-28)24(30)17-29-22-10-3-1-8-20(22)25(31)21-9-2-4-11-23(21)29/h1-11,16H,12-15,17H2. The van der Waals surface area contributed by atoms with Crippen LogP contribution in [0, 0.1) is 5.82 Å². The first-order valence-corrected chi connectivity index (χ1v) is 12.3. The van der Waals surface area contributed by atoms with E-state index >= 15 is 0 Å². The van der Waals surface area contributed by atoms with Crippen molar-refractivity contribution in [3.05, 3.63) is 88.8 Å². The lowest BCUT2D eigenvalue weighted by Crippen LogP contribution is -2.51. The maximum Gasteiger partial charge on any atom is 0.243 e. The van der Waals surface area contributed by atoms with E-state index in [4.69, 9.17) is 0 Å². The second kappa shape index (κ2) is 8.66. The van der Waals surface area contributed by atoms with Crippen LogP contribution in [-0.4, -0.2) is 54.3 Å². The number of hydrogen-bond acceptors (Lipinski definition) is 4. The summed E-state index contributed by atoms with van der Waals surface area (Å²) in [6.45, 7) is 0.720. The van der Waals surface area contributed by atoms with Crippen LogP contribution < -0.4 is 5.43 Å². The lowest BCUT2D eigenvalue weighted by molar-refractivity contribution is -0.132. The predicted molar refractivity (Wildman–Crippen MR) is 127 cm³/mol. The Labute approximate surface area is 195 Å². The van der Waals surface area contributed by atoms with Crippen molar-refractivity contribution in [2.75, 3.05) is 26.2 Å². The number of piperazine rings is 1. The summed E-state index contributed by atoms with van der Waals surface area (Å²) < 4.78 is 42.3. The zero-order valence-corrected chi connectivity index (χ0v) is 19.0. The summed E-state index contributed by atoms with van der Waals surface area (Å²) in [6.07, 6.45) is 0. The summed E-state index contributed by atoms with van der Waals surface area (Å²) in [4.78, 5) is 27.6. The molecule has 1 fully saturated rings. The molecule has 7 nitrogen and oxygen atoms in total. The SMILES string of the molecule is O=C(Cn1c2ccccc2c(=O)c2ccccc21)N1CCN(S(=O)(=O)c2cccc(F)c2)CC1. The van der Waals surface area contributed by atoms with E-state index in [-0.39, 0.29) is 49.0 Å². The molecule has 9 heteroatoms. The average molecular weight is 480 g/mol. The molecule has 4 aromatic rings. The van der Waals surface area contributed by atoms with E-state index < -0.39 is 15.8 Å². The minimum absolute atomic E-state index is 0.0257. The highest BCUT2D eigenvalue weighted by atomic mass is 32.2. The monoisotopic (exact) mass is 479 g/mol. The Morgan fingerprint density at radius 3 is 2.00 bits per heavy atom. The molecule has 1 aromatic heterocycles. The second-order valence-electron chi connectivity index (χ2n) is 8.19. The zero-order valence-electron chi connectivity index (χ0n) is 18.2. The molecule has 0 saturated carbocycles. The minimum Gasteiger partial charge on any atom is -0.339 e. The summed E-state index contributed by atoms with van der Waals surface area (Å²) in [6, 6.07) is 19.3. The van der Waals surface area contributed by atoms with Crippen LogP contribution in [0.3, 0.4) is 0 Å². The van der Waals surface area contributed by atoms with E-state index in [1.165, 1.54) is 22.5 Å². The molecule has 0 N–H and O–H groups in total. The molecule has 0 radical (unpaired) electrons. The number of carbonyl (C=O) groups excluding carboxylic acids is 1. The highest BCUT2D eigenvalue weighted by Gasteiger charge is 2.30. The number of pyridine rings is 1. The number of aromatic nitrogens is 1. The van der Waals surface area contributed by atoms with Gasteiger partial charge in [-0.1, -0.05) is 30.3 Å². The molecule has 0 unspecified atom stereocenters. The normalized spacial score (nSPS) is 15.1. The number of benzene rings is 3. The minimum atomic E-state index is -3.84. The van der Waals surface area contributed by atoms with Crippen molar-refractivity contribution in [3.63, 3.8) is 0 Å². The molecular weight excluding hydrogens is 457 g/mol. The van der Waals surface area contributed by atoms with E-state index in [0.29, 0.717) is 21.8 Å². The van der Waals surface area contributed by atoms with Gasteiger partial charge in [0, 0.05) is 37.0 Å². The molecule has 0 aliphatic carbocycles. The number of halogens is 1. The molecule has 1 amide bonds. The smallest absolute Gasteiger partial charge is 0.243 e. The first-order chi connectivity index (χ1) is 16.4. The molecule has 0 spiro atoms. The first kappa shape index (κ1) is 22.2. The van der Waals surface area contributed by atoms with Crippen molar-refractivity contribution in [2.24, 2.45) is 0 Å². The Kier molecular flexibility index (Phi) is 5.66. The number of sulfonamides is 1. The number of rotatable bonds is 4. The third kappa shape index (κ3) is 3.86. The van der Waals surface area contributed by atoms with E-state index in [0.717, 1.165) is 6.07 Å². The van der Waals surface area contributed by atoms with Crippen LogP contribution in [-0.2, 0) is 21.4 Å². The Balaban J connectivity index is 1.38. The summed E-state index contributed by atoms with van der Waals surface area (Å²) in [5, 5.41) is 1.08. The number of nitrogens with zero attached hydrogens (tertiary/aromatic N) is 3. The third-order valence-electron chi connectivity index (χ3n) is 6.20. The van der Waals surface area contributed by atoms with Crippen molar-refractivity contribution in [1.82, 2.24) is 13.8 Å². The van der Waals surface area contributed by atoms with Crippen LogP contribution in [0.5, 0.6) is 0 Å². The molecule has 34 heavy (non-hydrogen) atoms. The highest BCUT2D eigenvalue weighted by molar-refractivity contribution is 7.89. The van der Waals surface area contributed by atoms with E-state index in [1.54, 1.807) is 29.2 Å². The van der Waals surface area contributed by atoms with Crippen LogP contribution in [0.4, 0.5) is 4.39 Å². The van der Waals surface area contributed by atoms with Crippen LogP contribution in [0.2, 0.25) is 0 Å². The van der Waals surface area contributed by atoms with E-state index in [2.05, 4.69) is 0 Å². The van der Waals surface area contributed by atoms with Gasteiger partial charge in [0.05, 0.1) is 15.9 Å². The van der Waals surface area contributed by atoms with Gasteiger partial charge in [0.2, 0.25) is 15.9 Å². The molecule has 1 aliphatic heterocycles. The van der Waals surface area contributed by atoms with Crippen LogP contribution >= 0.6 is 0 Å². The number of hydrogen-bond donors (Lipinski definition) is 0. The molecule has 0 bridgehead atoms. The van der Waals surface area contributed by atoms with Crippen molar-refractivity contribution in [2.45, 2.75) is 11.4 Å². The summed E-state index contributed by atoms with van der Waals surface area (Å²) in [7, 11) is -3.84. The fourth-order valence-corrected chi connectivity index (χ4v) is 5.89. The fraction of sp³-hybridized carbons (Fsp3) is 0.200. The lowest BCUT2D eigenvalue weighted by Gasteiger charge is -2.34. The van der Waals surface area contributed by atoms with Crippen LogP contribution in [0.1, 0.15) is 0 Å². The Hall–Kier alpha value is -3.56. The summed E-state index contributed by atoms with van der Waals surface area (Å²) in [5.74, 6) is -0.780. The van der Waals surface area contributed by atoms with E-state index in [9.17, 15) is 22.4 Å². The molecular formula is C25H22FN3O4S. The highest BCUT2D eigenvalue weighted by Crippen LogP contribution is 2.21. The number of fused-ring (bicyclic) bond motifs is 2. The molecule has 3 aromatic carbocycles. The van der Waals surface area contributed by atoms with Gasteiger partial charge in [-0.25, -0.2) is 12.8 Å². The van der Waals surface area contributed by atoms with Crippen LogP contribution in [0.15, 0.2) is 82.5 Å². The van der Waals surface area contributed by atoms with Crippen LogP contribution in [0.25, 0.3) is 21.8 Å². The van der Waals surface area contributed by atoms with Crippen molar-refractivity contribution in [1.29, 1.82) is 0 Å². The molecule has 5 rings (SSSR count). The van der Waals surface area contributed by atoms with Gasteiger partial charge in [-0.3, -0.25) is 9.59 Å². The quantitative estimate of drug-likeness (QED) is 0.422. The molecule has 1 saturated heterocycles. The van der Waals surface area contributed by atoms with Gasteiger partial charge in [-0.15, -0.1) is 0 Å². The van der Waals surface area contributed by atoms with Gasteiger partial charge in [0.1, 0.15) is 12.4 Å². The molecule has 2 heterocycles. The van der Waals surface area contributed by atoms with Crippen molar-refractivity contribution in [3.8, 4) is 0 Å². The average Bonchev–Trinajstić information content (AvgIpc) is 2.86. The topological polar surface area (TPSA) is 79.7 Å². The Morgan fingerprint density at radius 1 is 0.824 bits per heavy atom. The van der Waals surface area contributed by atoms with Gasteiger partial charge in [-0.2, -0.15) is 4.31 Å². The van der Waals surface area contributed by atoms with Crippen molar-refractivity contribution >= 4 is 37.7 Å². The second-order valence-corrected chi connectivity index (χ2v) is 10.1. The fourth-order valence-electron chi connectivity index (χ4n) is 4.44. The largest absolute Gasteiger partial charge is 0.339 e.